The van der Waals surface area contributed by atoms with Crippen molar-refractivity contribution in [2.75, 3.05) is 31.1 Å². The number of nitrogens with one attached hydrogen (secondary N) is 3. The minimum atomic E-state index is -0.158. The summed E-state index contributed by atoms with van der Waals surface area (Å²) in [4.78, 5) is 25.2. The number of amidine groups is 1. The average Bonchev–Trinajstić information content (AvgIpc) is 3.49. The smallest absolute Gasteiger partial charge is 0.241 e. The Balaban J connectivity index is 1.30. The second-order valence-electron chi connectivity index (χ2n) is 9.89. The van der Waals surface area contributed by atoms with E-state index in [0.29, 0.717) is 43.8 Å². The van der Waals surface area contributed by atoms with Gasteiger partial charge in [0.05, 0.1) is 30.4 Å². The number of aromatic nitrogens is 3. The standard InChI is InChI=1S/C26H30N8O2/c1-16(18-10-24(35)29-12-18)36-26-25-22(30-15-34(25)20-6-7-20)11-21(31-26)17-2-4-19(5-3-17)32-8-9-33(14-27)23(28)13-32/h2-5,11,14-16,18,20,27-28H,6-10,12-13H2,1H3,(H,29,35)/t16-,18-/m1/s1. The SMILES string of the molecule is C[C@@H](Oc1nc(-c2ccc(N3CCN(C=N)C(=N)C3)cc2)cc2ncn(C3CC3)c12)[C@H]1CNC(=O)C1. The molecule has 2 atom stereocenters. The Morgan fingerprint density at radius 1 is 1.22 bits per heavy atom. The average molecular weight is 487 g/mol. The van der Waals surface area contributed by atoms with Crippen LogP contribution in [0.3, 0.4) is 0 Å². The van der Waals surface area contributed by atoms with E-state index in [1.807, 2.05) is 31.5 Å². The van der Waals surface area contributed by atoms with Crippen molar-refractivity contribution in [1.82, 2.24) is 24.8 Å². The van der Waals surface area contributed by atoms with Crippen LogP contribution in [-0.4, -0.2) is 69.8 Å². The number of hydrogen-bond acceptors (Lipinski definition) is 7. The molecule has 2 aromatic heterocycles. The van der Waals surface area contributed by atoms with E-state index in [9.17, 15) is 4.79 Å². The number of benzene rings is 1. The molecule has 1 saturated carbocycles. The summed E-state index contributed by atoms with van der Waals surface area (Å²) in [6.45, 7) is 4.50. The normalized spacial score (nSPS) is 21.1. The van der Waals surface area contributed by atoms with Gasteiger partial charge >= 0.3 is 0 Å². The van der Waals surface area contributed by atoms with Crippen LogP contribution in [0, 0.1) is 16.7 Å². The Bertz CT molecular complexity index is 1330. The largest absolute Gasteiger partial charge is 0.473 e. The molecular weight excluding hydrogens is 456 g/mol. The monoisotopic (exact) mass is 486 g/mol. The van der Waals surface area contributed by atoms with Gasteiger partial charge in [-0.1, -0.05) is 12.1 Å². The molecule has 1 amide bonds. The van der Waals surface area contributed by atoms with Crippen molar-refractivity contribution in [3.63, 3.8) is 0 Å². The molecule has 1 aromatic carbocycles. The molecule has 6 rings (SSSR count). The van der Waals surface area contributed by atoms with Gasteiger partial charge in [-0.3, -0.25) is 15.6 Å². The maximum absolute atomic E-state index is 11.7. The summed E-state index contributed by atoms with van der Waals surface area (Å²) in [6, 6.07) is 10.6. The molecule has 1 aliphatic carbocycles. The Labute approximate surface area is 209 Å². The summed E-state index contributed by atoms with van der Waals surface area (Å²) in [5.74, 6) is 1.18. The number of carbonyl (C=O) groups excluding carboxylic acids is 1. The van der Waals surface area contributed by atoms with Crippen LogP contribution in [0.15, 0.2) is 36.7 Å². The molecule has 2 saturated heterocycles. The first kappa shape index (κ1) is 22.5. The Morgan fingerprint density at radius 2 is 2.03 bits per heavy atom. The zero-order valence-electron chi connectivity index (χ0n) is 20.3. The summed E-state index contributed by atoms with van der Waals surface area (Å²) in [7, 11) is 0. The van der Waals surface area contributed by atoms with E-state index >= 15 is 0 Å². The molecule has 3 N–H and O–H groups in total. The lowest BCUT2D eigenvalue weighted by molar-refractivity contribution is -0.119. The maximum Gasteiger partial charge on any atom is 0.241 e. The zero-order valence-corrected chi connectivity index (χ0v) is 20.3. The molecule has 10 heteroatoms. The van der Waals surface area contributed by atoms with E-state index < -0.39 is 0 Å². The fraction of sp³-hybridized carbons (Fsp3) is 0.423. The van der Waals surface area contributed by atoms with Gasteiger partial charge in [0.25, 0.3) is 0 Å². The third-order valence-electron chi connectivity index (χ3n) is 7.41. The fourth-order valence-corrected chi connectivity index (χ4v) is 5.04. The minimum Gasteiger partial charge on any atom is -0.473 e. The van der Waals surface area contributed by atoms with E-state index in [2.05, 4.69) is 31.9 Å². The number of anilines is 1. The number of amides is 1. The molecule has 3 aliphatic rings. The molecule has 36 heavy (non-hydrogen) atoms. The van der Waals surface area contributed by atoms with Gasteiger partial charge in [-0.2, -0.15) is 0 Å². The molecule has 10 nitrogen and oxygen atoms in total. The van der Waals surface area contributed by atoms with Gasteiger partial charge in [-0.25, -0.2) is 9.97 Å². The van der Waals surface area contributed by atoms with Crippen molar-refractivity contribution >= 4 is 34.8 Å². The molecule has 0 bridgehead atoms. The number of pyridine rings is 1. The lowest BCUT2D eigenvalue weighted by atomic mass is 10.0. The number of nitrogens with zero attached hydrogens (tertiary/aromatic N) is 5. The Kier molecular flexibility index (Phi) is 5.58. The molecule has 3 fully saturated rings. The van der Waals surface area contributed by atoms with Crippen LogP contribution in [0.1, 0.15) is 32.2 Å². The van der Waals surface area contributed by atoms with Crippen molar-refractivity contribution in [3.05, 3.63) is 36.7 Å². The van der Waals surface area contributed by atoms with Gasteiger partial charge in [0.2, 0.25) is 11.8 Å². The zero-order chi connectivity index (χ0) is 24.8. The number of fused-ring (bicyclic) bond motifs is 1. The van der Waals surface area contributed by atoms with Gasteiger partial charge in [0.1, 0.15) is 17.5 Å². The Morgan fingerprint density at radius 3 is 2.69 bits per heavy atom. The fourth-order valence-electron chi connectivity index (χ4n) is 5.04. The first-order valence-corrected chi connectivity index (χ1v) is 12.5. The van der Waals surface area contributed by atoms with Crippen molar-refractivity contribution in [3.8, 4) is 17.1 Å². The third kappa shape index (κ3) is 4.16. The lowest BCUT2D eigenvalue weighted by Gasteiger charge is -2.35. The number of hydrogen-bond donors (Lipinski definition) is 3. The molecule has 2 aliphatic heterocycles. The summed E-state index contributed by atoms with van der Waals surface area (Å²) >= 11 is 0. The second kappa shape index (κ2) is 8.92. The number of carbonyl (C=O) groups is 1. The summed E-state index contributed by atoms with van der Waals surface area (Å²) in [5.41, 5.74) is 4.57. The van der Waals surface area contributed by atoms with E-state index in [-0.39, 0.29) is 17.9 Å². The molecule has 0 unspecified atom stereocenters. The van der Waals surface area contributed by atoms with Crippen molar-refractivity contribution in [1.29, 1.82) is 10.8 Å². The topological polar surface area (TPSA) is 123 Å². The van der Waals surface area contributed by atoms with Crippen molar-refractivity contribution in [2.45, 2.75) is 38.3 Å². The van der Waals surface area contributed by atoms with Crippen LogP contribution in [0.5, 0.6) is 5.88 Å². The van der Waals surface area contributed by atoms with Crippen LogP contribution >= 0.6 is 0 Å². The Hall–Kier alpha value is -3.95. The van der Waals surface area contributed by atoms with E-state index in [0.717, 1.165) is 47.4 Å². The van der Waals surface area contributed by atoms with Crippen LogP contribution < -0.4 is 15.0 Å². The number of piperazine rings is 1. The highest BCUT2D eigenvalue weighted by molar-refractivity contribution is 5.93. The van der Waals surface area contributed by atoms with Gasteiger partial charge in [-0.05, 0) is 38.0 Å². The van der Waals surface area contributed by atoms with Crippen LogP contribution in [0.25, 0.3) is 22.3 Å². The van der Waals surface area contributed by atoms with E-state index in [4.69, 9.17) is 20.5 Å². The quantitative estimate of drug-likeness (QED) is 0.348. The number of ether oxygens (including phenoxy) is 1. The van der Waals surface area contributed by atoms with Gasteiger partial charge < -0.3 is 24.4 Å². The maximum atomic E-state index is 11.7. The van der Waals surface area contributed by atoms with Crippen LogP contribution in [0.2, 0.25) is 0 Å². The first-order valence-electron chi connectivity index (χ1n) is 12.5. The summed E-state index contributed by atoms with van der Waals surface area (Å²) in [5, 5.41) is 18.5. The molecule has 4 heterocycles. The number of rotatable bonds is 7. The van der Waals surface area contributed by atoms with Gasteiger partial charge in [0.15, 0.2) is 0 Å². The van der Waals surface area contributed by atoms with Gasteiger partial charge in [-0.15, -0.1) is 0 Å². The first-order chi connectivity index (χ1) is 17.5. The summed E-state index contributed by atoms with van der Waals surface area (Å²) < 4.78 is 8.61. The molecular formula is C26H30N8O2. The third-order valence-corrected chi connectivity index (χ3v) is 7.41. The summed E-state index contributed by atoms with van der Waals surface area (Å²) in [6.07, 6.45) is 5.69. The lowest BCUT2D eigenvalue weighted by Crippen LogP contribution is -2.49. The molecule has 0 spiro atoms. The van der Waals surface area contributed by atoms with Crippen LogP contribution in [0.4, 0.5) is 5.69 Å². The van der Waals surface area contributed by atoms with Crippen LogP contribution in [-0.2, 0) is 4.79 Å². The highest BCUT2D eigenvalue weighted by atomic mass is 16.5. The molecule has 3 aromatic rings. The van der Waals surface area contributed by atoms with Crippen molar-refractivity contribution < 1.29 is 9.53 Å². The highest BCUT2D eigenvalue weighted by Crippen LogP contribution is 2.40. The minimum absolute atomic E-state index is 0.0693. The highest BCUT2D eigenvalue weighted by Gasteiger charge is 2.31. The van der Waals surface area contributed by atoms with Crippen molar-refractivity contribution in [2.24, 2.45) is 5.92 Å². The number of imidazole rings is 1. The van der Waals surface area contributed by atoms with E-state index in [1.165, 1.54) is 6.34 Å². The molecule has 0 radical (unpaired) electrons. The predicted octanol–water partition coefficient (Wildman–Crippen LogP) is 3.04. The second-order valence-corrected chi connectivity index (χ2v) is 9.89. The molecule has 186 valence electrons. The van der Waals surface area contributed by atoms with Gasteiger partial charge in [0, 0.05) is 49.3 Å². The van der Waals surface area contributed by atoms with E-state index in [1.54, 1.807) is 4.90 Å². The predicted molar refractivity (Wildman–Crippen MR) is 138 cm³/mol.